The molecule has 0 radical (unpaired) electrons. The minimum atomic E-state index is -0.288. The second kappa shape index (κ2) is 13.3. The van der Waals surface area contributed by atoms with Gasteiger partial charge in [0.05, 0.1) is 35.9 Å². The average molecular weight is 652 g/mol. The van der Waals surface area contributed by atoms with Crippen molar-refractivity contribution in [1.29, 1.82) is 0 Å². The lowest BCUT2D eigenvalue weighted by molar-refractivity contribution is 0.0303. The molecule has 2 aromatic carbocycles. The first-order chi connectivity index (χ1) is 23.5. The minimum Gasteiger partial charge on any atom is -0.381 e. The Balaban J connectivity index is 0.997. The van der Waals surface area contributed by atoms with Gasteiger partial charge in [0.15, 0.2) is 11.5 Å². The highest BCUT2D eigenvalue weighted by atomic mass is 16.5. The quantitative estimate of drug-likeness (QED) is 0.272. The molecule has 8 rings (SSSR count). The predicted octanol–water partition coefficient (Wildman–Crippen LogP) is 5.39. The van der Waals surface area contributed by atoms with Crippen LogP contribution in [0.25, 0.3) is 22.4 Å². The molecule has 2 unspecified atom stereocenters. The van der Waals surface area contributed by atoms with Gasteiger partial charge >= 0.3 is 6.03 Å². The van der Waals surface area contributed by atoms with Gasteiger partial charge in [-0.25, -0.2) is 19.4 Å². The van der Waals surface area contributed by atoms with Gasteiger partial charge in [0.1, 0.15) is 5.82 Å². The van der Waals surface area contributed by atoms with Crippen LogP contribution in [0.2, 0.25) is 0 Å². The number of nitrogens with zero attached hydrogens (tertiary/aromatic N) is 7. The van der Waals surface area contributed by atoms with Crippen LogP contribution in [0, 0.1) is 0 Å². The fourth-order valence-electron chi connectivity index (χ4n) is 7.68. The van der Waals surface area contributed by atoms with Crippen LogP contribution in [0.3, 0.4) is 0 Å². The Bertz CT molecular complexity index is 1720. The molecular formula is C36H45N9O3. The second-order valence-corrected chi connectivity index (χ2v) is 13.7. The van der Waals surface area contributed by atoms with Crippen molar-refractivity contribution in [2.45, 2.75) is 62.9 Å². The molecule has 2 bridgehead atoms. The van der Waals surface area contributed by atoms with Gasteiger partial charge in [0, 0.05) is 69.0 Å². The topological polar surface area (TPSA) is 113 Å². The standard InChI is InChI=1S/C36H45N9O3/c1-42-17-19-43(20-18-42)27-9-7-26(8-10-27)39-36(46)38-25-5-3-24(4-6-25)33-40-34(44-22-30-15-16-31(23-44)48-30)32-21-37-45(35(32)41-33)28-11-13-29(47-2)14-12-28/h3-10,21,28-31H,11-20,22-23H2,1-2H3,(H2,38,39,46)/t28-,29+,30?,31?. The molecule has 5 heterocycles. The minimum absolute atomic E-state index is 0.239. The molecule has 12 heteroatoms. The van der Waals surface area contributed by atoms with Crippen LogP contribution in [0.5, 0.6) is 0 Å². The number of anilines is 4. The number of nitrogens with one attached hydrogen (secondary N) is 2. The number of amides is 2. The first-order valence-electron chi connectivity index (χ1n) is 17.4. The van der Waals surface area contributed by atoms with Gasteiger partial charge in [-0.1, -0.05) is 0 Å². The third-order valence-corrected chi connectivity index (χ3v) is 10.5. The normalized spacial score (nSPS) is 24.6. The summed E-state index contributed by atoms with van der Waals surface area (Å²) in [5.41, 5.74) is 4.37. The zero-order valence-corrected chi connectivity index (χ0v) is 27.8. The lowest BCUT2D eigenvalue weighted by atomic mass is 9.93. The van der Waals surface area contributed by atoms with Crippen molar-refractivity contribution >= 4 is 39.9 Å². The van der Waals surface area contributed by atoms with Crippen molar-refractivity contribution < 1.29 is 14.3 Å². The van der Waals surface area contributed by atoms with E-state index in [4.69, 9.17) is 24.5 Å². The number of piperazine rings is 1. The van der Waals surface area contributed by atoms with Crippen molar-refractivity contribution in [3.05, 3.63) is 54.7 Å². The largest absolute Gasteiger partial charge is 0.381 e. The van der Waals surface area contributed by atoms with Gasteiger partial charge in [0.2, 0.25) is 0 Å². The average Bonchev–Trinajstić information content (AvgIpc) is 3.70. The van der Waals surface area contributed by atoms with E-state index in [2.05, 4.69) is 49.2 Å². The van der Waals surface area contributed by atoms with E-state index in [0.29, 0.717) is 17.6 Å². The molecule has 1 saturated carbocycles. The van der Waals surface area contributed by atoms with Gasteiger partial charge < -0.3 is 34.8 Å². The Morgan fingerprint density at radius 1 is 0.812 bits per heavy atom. The number of aromatic nitrogens is 4. The maximum atomic E-state index is 12.9. The van der Waals surface area contributed by atoms with Crippen LogP contribution in [-0.4, -0.2) is 102 Å². The van der Waals surface area contributed by atoms with Crippen molar-refractivity contribution in [1.82, 2.24) is 24.6 Å². The SMILES string of the molecule is CO[C@H]1CC[C@@H](n2ncc3c(N4CC5CCC(C4)O5)nc(-c4ccc(NC(=O)Nc5ccc(N6CCN(C)CC6)cc5)cc4)nc32)CC1. The summed E-state index contributed by atoms with van der Waals surface area (Å²) in [4.78, 5) is 30.2. The summed E-state index contributed by atoms with van der Waals surface area (Å²) < 4.78 is 13.9. The molecule has 12 nitrogen and oxygen atoms in total. The van der Waals surface area contributed by atoms with Crippen molar-refractivity contribution in [3.8, 4) is 11.4 Å². The molecule has 3 aliphatic heterocycles. The second-order valence-electron chi connectivity index (χ2n) is 13.7. The van der Waals surface area contributed by atoms with Gasteiger partial charge in [0.25, 0.3) is 0 Å². The number of carbonyl (C=O) groups excluding carboxylic acids is 1. The van der Waals surface area contributed by atoms with E-state index in [1.807, 2.05) is 42.6 Å². The Morgan fingerprint density at radius 2 is 1.46 bits per heavy atom. The fourth-order valence-corrected chi connectivity index (χ4v) is 7.68. The molecule has 2 atom stereocenters. The van der Waals surface area contributed by atoms with E-state index >= 15 is 0 Å². The maximum Gasteiger partial charge on any atom is 0.323 e. The maximum absolute atomic E-state index is 12.9. The highest BCUT2D eigenvalue weighted by Crippen LogP contribution is 2.37. The number of hydrogen-bond donors (Lipinski definition) is 2. The number of methoxy groups -OCH3 is 1. The van der Waals surface area contributed by atoms with Crippen molar-refractivity contribution in [3.63, 3.8) is 0 Å². The fraction of sp³-hybridized carbons (Fsp3) is 0.500. The zero-order valence-electron chi connectivity index (χ0n) is 27.8. The Kier molecular flexibility index (Phi) is 8.62. The highest BCUT2D eigenvalue weighted by Gasteiger charge is 2.36. The van der Waals surface area contributed by atoms with Crippen molar-refractivity contribution in [2.75, 3.05) is 73.9 Å². The number of hydrogen-bond acceptors (Lipinski definition) is 9. The number of fused-ring (bicyclic) bond motifs is 3. The summed E-state index contributed by atoms with van der Waals surface area (Å²) in [6, 6.07) is 15.8. The van der Waals surface area contributed by atoms with E-state index < -0.39 is 0 Å². The summed E-state index contributed by atoms with van der Waals surface area (Å²) in [5.74, 6) is 1.58. The van der Waals surface area contributed by atoms with E-state index in [1.54, 1.807) is 7.11 Å². The number of benzene rings is 2. The Hall–Kier alpha value is -4.26. The van der Waals surface area contributed by atoms with E-state index in [1.165, 1.54) is 5.69 Å². The summed E-state index contributed by atoms with van der Waals surface area (Å²) >= 11 is 0. The van der Waals surface area contributed by atoms with Crippen LogP contribution in [0.4, 0.5) is 27.7 Å². The van der Waals surface area contributed by atoms with Crippen LogP contribution < -0.4 is 20.4 Å². The predicted molar refractivity (Wildman–Crippen MR) is 188 cm³/mol. The molecule has 0 spiro atoms. The molecule has 2 amide bonds. The molecule has 4 fully saturated rings. The summed E-state index contributed by atoms with van der Waals surface area (Å²) in [5, 5.41) is 11.8. The number of carbonyl (C=O) groups is 1. The summed E-state index contributed by atoms with van der Waals surface area (Å²) in [7, 11) is 3.96. The van der Waals surface area contributed by atoms with Crippen molar-refractivity contribution in [2.24, 2.45) is 0 Å². The van der Waals surface area contributed by atoms with Gasteiger partial charge in [-0.15, -0.1) is 0 Å². The number of rotatable bonds is 7. The monoisotopic (exact) mass is 651 g/mol. The van der Waals surface area contributed by atoms with Gasteiger partial charge in [-0.2, -0.15) is 5.10 Å². The van der Waals surface area contributed by atoms with Crippen LogP contribution in [0.1, 0.15) is 44.6 Å². The van der Waals surface area contributed by atoms with Crippen LogP contribution in [-0.2, 0) is 9.47 Å². The van der Waals surface area contributed by atoms with Gasteiger partial charge in [-0.05, 0) is 94.1 Å². The van der Waals surface area contributed by atoms with E-state index in [0.717, 1.165) is 106 Å². The molecule has 2 aromatic heterocycles. The molecule has 4 aliphatic rings. The Labute approximate surface area is 281 Å². The van der Waals surface area contributed by atoms with E-state index in [9.17, 15) is 4.79 Å². The Morgan fingerprint density at radius 3 is 2.10 bits per heavy atom. The lowest BCUT2D eigenvalue weighted by Crippen LogP contribution is -2.44. The molecule has 48 heavy (non-hydrogen) atoms. The molecule has 3 saturated heterocycles. The molecule has 1 aliphatic carbocycles. The van der Waals surface area contributed by atoms with Gasteiger partial charge in [-0.3, -0.25) is 0 Å². The third-order valence-electron chi connectivity index (χ3n) is 10.5. The van der Waals surface area contributed by atoms with Crippen LogP contribution in [0.15, 0.2) is 54.7 Å². The molecule has 2 N–H and O–H groups in total. The zero-order chi connectivity index (χ0) is 32.6. The van der Waals surface area contributed by atoms with Crippen LogP contribution >= 0.6 is 0 Å². The first-order valence-corrected chi connectivity index (χ1v) is 17.4. The molecule has 4 aromatic rings. The lowest BCUT2D eigenvalue weighted by Gasteiger charge is -2.34. The number of morpholine rings is 1. The molecular weight excluding hydrogens is 606 g/mol. The number of urea groups is 1. The highest BCUT2D eigenvalue weighted by molar-refractivity contribution is 6.00. The molecule has 252 valence electrons. The number of ether oxygens (including phenoxy) is 2. The first kappa shape index (κ1) is 31.0. The summed E-state index contributed by atoms with van der Waals surface area (Å²) in [6.45, 7) is 5.77. The number of likely N-dealkylation sites (N-methyl/N-ethyl adjacent to an activating group) is 1. The van der Waals surface area contributed by atoms with E-state index in [-0.39, 0.29) is 24.3 Å². The third kappa shape index (κ3) is 6.44. The smallest absolute Gasteiger partial charge is 0.323 e. The summed E-state index contributed by atoms with van der Waals surface area (Å²) in [6.07, 6.45) is 8.97.